The predicted molar refractivity (Wildman–Crippen MR) is 66.3 cm³/mol. The molecule has 1 aromatic rings. The first-order valence-corrected chi connectivity index (χ1v) is 4.98. The molecular weight excluding hydrogens is 234 g/mol. The number of carbonyl (C=O) groups is 3. The zero-order chi connectivity index (χ0) is 13.7. The molecule has 0 bridgehead atoms. The zero-order valence-corrected chi connectivity index (χ0v) is 9.50. The number of hydrogen-bond acceptors (Lipinski definition) is 3. The van der Waals surface area contributed by atoms with Gasteiger partial charge in [0.25, 0.3) is 11.8 Å². The summed E-state index contributed by atoms with van der Waals surface area (Å²) >= 11 is 0. The fourth-order valence-corrected chi connectivity index (χ4v) is 1.38. The van der Waals surface area contributed by atoms with E-state index in [4.69, 9.17) is 5.11 Å². The number of rotatable bonds is 4. The topological polar surface area (TPSA) is 74.7 Å². The van der Waals surface area contributed by atoms with Crippen LogP contribution in [0.15, 0.2) is 49.6 Å². The average molecular weight is 245 g/mol. The van der Waals surface area contributed by atoms with Crippen molar-refractivity contribution in [2.75, 3.05) is 4.90 Å². The van der Waals surface area contributed by atoms with E-state index in [-0.39, 0.29) is 11.3 Å². The van der Waals surface area contributed by atoms with Gasteiger partial charge >= 0.3 is 5.97 Å². The van der Waals surface area contributed by atoms with Crippen LogP contribution in [0.4, 0.5) is 5.69 Å². The fourth-order valence-electron chi connectivity index (χ4n) is 1.38. The molecule has 5 heteroatoms. The number of para-hydroxylation sites is 1. The summed E-state index contributed by atoms with van der Waals surface area (Å²) in [6, 6.07) is 5.70. The van der Waals surface area contributed by atoms with Crippen molar-refractivity contribution in [3.63, 3.8) is 0 Å². The van der Waals surface area contributed by atoms with Crippen molar-refractivity contribution in [3.05, 3.63) is 55.1 Å². The molecule has 5 nitrogen and oxygen atoms in total. The van der Waals surface area contributed by atoms with Gasteiger partial charge in [-0.2, -0.15) is 0 Å². The lowest BCUT2D eigenvalue weighted by Gasteiger charge is -2.19. The van der Waals surface area contributed by atoms with E-state index in [0.717, 1.165) is 12.2 Å². The highest BCUT2D eigenvalue weighted by Gasteiger charge is 2.23. The zero-order valence-electron chi connectivity index (χ0n) is 9.50. The molecule has 1 aromatic carbocycles. The van der Waals surface area contributed by atoms with E-state index < -0.39 is 17.8 Å². The van der Waals surface area contributed by atoms with Crippen molar-refractivity contribution in [2.24, 2.45) is 0 Å². The Labute approximate surface area is 104 Å². The van der Waals surface area contributed by atoms with Crippen LogP contribution in [0.5, 0.6) is 0 Å². The minimum absolute atomic E-state index is 0.0141. The molecule has 1 N–H and O–H groups in total. The van der Waals surface area contributed by atoms with Crippen molar-refractivity contribution >= 4 is 23.5 Å². The van der Waals surface area contributed by atoms with Crippen molar-refractivity contribution in [1.29, 1.82) is 0 Å². The molecule has 0 aliphatic rings. The van der Waals surface area contributed by atoms with Gasteiger partial charge in [-0.25, -0.2) is 9.69 Å². The first kappa shape index (κ1) is 13.4. The number of nitrogens with zero attached hydrogens (tertiary/aromatic N) is 1. The summed E-state index contributed by atoms with van der Waals surface area (Å²) in [6.45, 7) is 6.55. The number of carbonyl (C=O) groups excluding carboxylic acids is 2. The monoisotopic (exact) mass is 245 g/mol. The second kappa shape index (κ2) is 5.58. The van der Waals surface area contributed by atoms with Crippen LogP contribution < -0.4 is 4.90 Å². The number of aromatic carboxylic acids is 1. The summed E-state index contributed by atoms with van der Waals surface area (Å²) < 4.78 is 0. The number of benzene rings is 1. The maximum Gasteiger partial charge on any atom is 0.337 e. The molecule has 0 saturated carbocycles. The van der Waals surface area contributed by atoms with Crippen LogP contribution in [0.1, 0.15) is 10.4 Å². The number of imide groups is 1. The van der Waals surface area contributed by atoms with Gasteiger partial charge in [-0.3, -0.25) is 9.59 Å². The van der Waals surface area contributed by atoms with Crippen LogP contribution in [-0.2, 0) is 9.59 Å². The Kier molecular flexibility index (Phi) is 4.15. The van der Waals surface area contributed by atoms with Crippen LogP contribution in [0.3, 0.4) is 0 Å². The molecule has 0 unspecified atom stereocenters. The van der Waals surface area contributed by atoms with Crippen molar-refractivity contribution in [3.8, 4) is 0 Å². The van der Waals surface area contributed by atoms with Crippen molar-refractivity contribution in [1.82, 2.24) is 0 Å². The molecule has 0 aromatic heterocycles. The van der Waals surface area contributed by atoms with Gasteiger partial charge < -0.3 is 5.11 Å². The second-order valence-electron chi connectivity index (χ2n) is 3.24. The van der Waals surface area contributed by atoms with Gasteiger partial charge in [0.05, 0.1) is 11.3 Å². The third-order valence-corrected chi connectivity index (χ3v) is 2.17. The molecule has 0 saturated heterocycles. The number of carboxylic acid groups (broad SMARTS) is 1. The first-order chi connectivity index (χ1) is 8.52. The van der Waals surface area contributed by atoms with Crippen LogP contribution in [-0.4, -0.2) is 22.9 Å². The van der Waals surface area contributed by atoms with Gasteiger partial charge in [0.1, 0.15) is 0 Å². The molecule has 0 spiro atoms. The Bertz CT molecular complexity index is 514. The summed E-state index contributed by atoms with van der Waals surface area (Å²) in [5.41, 5.74) is -0.164. The second-order valence-corrected chi connectivity index (χ2v) is 3.24. The Balaban J connectivity index is 3.42. The Morgan fingerprint density at radius 1 is 1.06 bits per heavy atom. The highest BCUT2D eigenvalue weighted by Crippen LogP contribution is 2.21. The average Bonchev–Trinajstić information content (AvgIpc) is 2.38. The van der Waals surface area contributed by atoms with Crippen LogP contribution in [0.25, 0.3) is 0 Å². The van der Waals surface area contributed by atoms with Gasteiger partial charge in [-0.1, -0.05) is 25.3 Å². The van der Waals surface area contributed by atoms with E-state index in [1.807, 2.05) is 0 Å². The third-order valence-electron chi connectivity index (χ3n) is 2.17. The number of anilines is 1. The van der Waals surface area contributed by atoms with Crippen LogP contribution in [0, 0.1) is 0 Å². The van der Waals surface area contributed by atoms with Crippen LogP contribution >= 0.6 is 0 Å². The fraction of sp³-hybridized carbons (Fsp3) is 0. The smallest absolute Gasteiger partial charge is 0.337 e. The van der Waals surface area contributed by atoms with E-state index in [2.05, 4.69) is 13.2 Å². The minimum Gasteiger partial charge on any atom is -0.478 e. The van der Waals surface area contributed by atoms with E-state index in [1.165, 1.54) is 24.3 Å². The van der Waals surface area contributed by atoms with Crippen molar-refractivity contribution in [2.45, 2.75) is 0 Å². The molecule has 18 heavy (non-hydrogen) atoms. The molecule has 0 radical (unpaired) electrons. The molecule has 0 fully saturated rings. The lowest BCUT2D eigenvalue weighted by atomic mass is 10.1. The van der Waals surface area contributed by atoms with Gasteiger partial charge in [0.15, 0.2) is 0 Å². The van der Waals surface area contributed by atoms with Gasteiger partial charge in [-0.15, -0.1) is 0 Å². The lowest BCUT2D eigenvalue weighted by molar-refractivity contribution is -0.121. The molecule has 0 heterocycles. The summed E-state index contributed by atoms with van der Waals surface area (Å²) in [5, 5.41) is 9.02. The summed E-state index contributed by atoms with van der Waals surface area (Å²) in [4.78, 5) is 35.0. The van der Waals surface area contributed by atoms with Gasteiger partial charge in [-0.05, 0) is 24.3 Å². The largest absolute Gasteiger partial charge is 0.478 e. The predicted octanol–water partition coefficient (Wildman–Crippen LogP) is 1.62. The van der Waals surface area contributed by atoms with Crippen molar-refractivity contribution < 1.29 is 19.5 Å². The Morgan fingerprint density at radius 3 is 2.00 bits per heavy atom. The maximum absolute atomic E-state index is 11.6. The molecule has 0 aliphatic heterocycles. The summed E-state index contributed by atoms with van der Waals surface area (Å²) in [7, 11) is 0. The van der Waals surface area contributed by atoms with E-state index in [9.17, 15) is 14.4 Å². The molecule has 92 valence electrons. The Morgan fingerprint density at radius 2 is 1.56 bits per heavy atom. The SMILES string of the molecule is C=CC(=O)N(C(=O)C=C)c1ccccc1C(=O)O. The molecule has 0 atom stereocenters. The summed E-state index contributed by atoms with van der Waals surface area (Å²) in [6.07, 6.45) is 1.86. The number of carboxylic acids is 1. The summed E-state index contributed by atoms with van der Waals surface area (Å²) in [5.74, 6) is -2.66. The highest BCUT2D eigenvalue weighted by molar-refractivity contribution is 6.23. The standard InChI is InChI=1S/C13H11NO4/c1-3-11(15)14(12(16)4-2)10-8-6-5-7-9(10)13(17)18/h3-8H,1-2H2,(H,17,18). The number of amides is 2. The molecule has 1 rings (SSSR count). The highest BCUT2D eigenvalue weighted by atomic mass is 16.4. The third kappa shape index (κ3) is 2.52. The minimum atomic E-state index is -1.23. The quantitative estimate of drug-likeness (QED) is 0.818. The van der Waals surface area contributed by atoms with Gasteiger partial charge in [0, 0.05) is 0 Å². The normalized spacial score (nSPS) is 9.33. The molecular formula is C13H11NO4. The lowest BCUT2D eigenvalue weighted by Crippen LogP contribution is -2.35. The molecule has 2 amide bonds. The van der Waals surface area contributed by atoms with E-state index >= 15 is 0 Å². The van der Waals surface area contributed by atoms with E-state index in [0.29, 0.717) is 4.90 Å². The van der Waals surface area contributed by atoms with Gasteiger partial charge in [0.2, 0.25) is 0 Å². The van der Waals surface area contributed by atoms with E-state index in [1.54, 1.807) is 0 Å². The Hall–Kier alpha value is -2.69. The number of hydrogen-bond donors (Lipinski definition) is 1. The maximum atomic E-state index is 11.6. The first-order valence-electron chi connectivity index (χ1n) is 4.98. The van der Waals surface area contributed by atoms with Crippen LogP contribution in [0.2, 0.25) is 0 Å². The molecule has 0 aliphatic carbocycles.